The first kappa shape index (κ1) is 22.3. The lowest BCUT2D eigenvalue weighted by Gasteiger charge is -2.15. The molecular weight excluding hydrogens is 396 g/mol. The van der Waals surface area contributed by atoms with Crippen molar-refractivity contribution in [1.82, 2.24) is 10.9 Å². The summed E-state index contributed by atoms with van der Waals surface area (Å²) in [6.45, 7) is 1.81. The first-order chi connectivity index (χ1) is 14.3. The number of carbonyl (C=O) groups is 2. The van der Waals surface area contributed by atoms with E-state index in [1.807, 2.05) is 19.1 Å². The number of hydrogen-bond donors (Lipinski definition) is 3. The van der Waals surface area contributed by atoms with E-state index < -0.39 is 22.4 Å². The molecule has 0 bridgehead atoms. The maximum Gasteiger partial charge on any atom is 0.327 e. The lowest BCUT2D eigenvalue weighted by Crippen LogP contribution is -2.44. The van der Waals surface area contributed by atoms with Gasteiger partial charge in [0.15, 0.2) is 5.75 Å². The molecule has 0 aliphatic heterocycles. The Balaban J connectivity index is 2.14. The van der Waals surface area contributed by atoms with Gasteiger partial charge in [-0.1, -0.05) is 17.7 Å². The molecule has 0 aliphatic rings. The first-order valence-corrected chi connectivity index (χ1v) is 8.69. The number of amides is 2. The number of nitrogens with zero attached hydrogens (tertiary/aromatic N) is 1. The molecule has 0 radical (unpaired) electrons. The van der Waals surface area contributed by atoms with Gasteiger partial charge in [0.1, 0.15) is 5.56 Å². The van der Waals surface area contributed by atoms with Crippen molar-refractivity contribution in [3.63, 3.8) is 0 Å². The largest absolute Gasteiger partial charge is 0.493 e. The highest BCUT2D eigenvalue weighted by Gasteiger charge is 2.32. The van der Waals surface area contributed by atoms with Gasteiger partial charge in [0.25, 0.3) is 11.8 Å². The summed E-state index contributed by atoms with van der Waals surface area (Å²) >= 11 is 0. The van der Waals surface area contributed by atoms with Crippen LogP contribution in [0.5, 0.6) is 17.2 Å². The number of nitrogens with one attached hydrogen (secondary N) is 3. The number of hydrazine groups is 1. The number of ether oxygens (including phenoxy) is 3. The summed E-state index contributed by atoms with van der Waals surface area (Å²) in [5, 5.41) is 14.4. The predicted octanol–water partition coefficient (Wildman–Crippen LogP) is 1.80. The summed E-state index contributed by atoms with van der Waals surface area (Å²) in [6.07, 6.45) is 0. The van der Waals surface area contributed by atoms with Crippen LogP contribution in [0.2, 0.25) is 0 Å². The van der Waals surface area contributed by atoms with Gasteiger partial charge in [0, 0.05) is 11.8 Å². The van der Waals surface area contributed by atoms with Crippen molar-refractivity contribution in [1.29, 1.82) is 0 Å². The van der Waals surface area contributed by atoms with Crippen LogP contribution in [-0.2, 0) is 4.79 Å². The molecule has 0 saturated carbocycles. The molecule has 2 rings (SSSR count). The van der Waals surface area contributed by atoms with E-state index in [1.54, 1.807) is 12.1 Å². The van der Waals surface area contributed by atoms with Gasteiger partial charge in [0.2, 0.25) is 11.5 Å². The van der Waals surface area contributed by atoms with Crippen LogP contribution in [0.3, 0.4) is 0 Å². The Hall–Kier alpha value is -4.02. The number of carbonyl (C=O) groups excluding carboxylic acids is 2. The van der Waals surface area contributed by atoms with Crippen LogP contribution in [0.4, 0.5) is 11.4 Å². The second-order valence-corrected chi connectivity index (χ2v) is 6.02. The standard InChI is InChI=1S/C19H22N4O7/c1-11-5-7-12(8-6-11)20-10-15(24)21-22-19(25)13-9-14(28-2)17(29-3)18(30-4)16(13)23(26)27/h5-9,20H,10H2,1-4H3,(H,21,24)(H,22,25). The van der Waals surface area contributed by atoms with Crippen LogP contribution in [0, 0.1) is 17.0 Å². The maximum atomic E-state index is 12.5. The number of nitro groups is 1. The molecule has 0 unspecified atom stereocenters. The molecule has 2 amide bonds. The monoisotopic (exact) mass is 418 g/mol. The Morgan fingerprint density at radius 2 is 1.63 bits per heavy atom. The number of rotatable bonds is 8. The van der Waals surface area contributed by atoms with Gasteiger partial charge in [0.05, 0.1) is 32.8 Å². The molecule has 0 atom stereocenters. The van der Waals surface area contributed by atoms with Crippen molar-refractivity contribution < 1.29 is 28.7 Å². The van der Waals surface area contributed by atoms with Crippen molar-refractivity contribution in [3.05, 3.63) is 51.6 Å². The van der Waals surface area contributed by atoms with Gasteiger partial charge < -0.3 is 19.5 Å². The third-order valence-electron chi connectivity index (χ3n) is 4.05. The smallest absolute Gasteiger partial charge is 0.327 e. The highest BCUT2D eigenvalue weighted by Crippen LogP contribution is 2.46. The molecular formula is C19H22N4O7. The average Bonchev–Trinajstić information content (AvgIpc) is 2.75. The van der Waals surface area contributed by atoms with E-state index in [0.29, 0.717) is 0 Å². The van der Waals surface area contributed by atoms with Crippen molar-refractivity contribution in [2.75, 3.05) is 33.2 Å². The molecule has 2 aromatic carbocycles. The minimum absolute atomic E-state index is 0.0328. The Morgan fingerprint density at radius 1 is 1.00 bits per heavy atom. The topological polar surface area (TPSA) is 141 Å². The zero-order valence-electron chi connectivity index (χ0n) is 16.9. The number of nitro benzene ring substituents is 1. The van der Waals surface area contributed by atoms with Crippen LogP contribution in [0.15, 0.2) is 30.3 Å². The molecule has 0 aromatic heterocycles. The van der Waals surface area contributed by atoms with E-state index in [1.165, 1.54) is 21.3 Å². The summed E-state index contributed by atoms with van der Waals surface area (Å²) in [4.78, 5) is 35.3. The number of methoxy groups -OCH3 is 3. The lowest BCUT2D eigenvalue weighted by molar-refractivity contribution is -0.386. The number of benzene rings is 2. The Bertz CT molecular complexity index is 945. The normalized spacial score (nSPS) is 10.0. The van der Waals surface area contributed by atoms with Crippen LogP contribution in [0.1, 0.15) is 15.9 Å². The average molecular weight is 418 g/mol. The fourth-order valence-corrected chi connectivity index (χ4v) is 2.59. The van der Waals surface area contributed by atoms with E-state index >= 15 is 0 Å². The molecule has 30 heavy (non-hydrogen) atoms. The summed E-state index contributed by atoms with van der Waals surface area (Å²) in [5.74, 6) is -1.74. The van der Waals surface area contributed by atoms with Crippen molar-refractivity contribution in [2.45, 2.75) is 6.92 Å². The first-order valence-electron chi connectivity index (χ1n) is 8.69. The fourth-order valence-electron chi connectivity index (χ4n) is 2.59. The third-order valence-corrected chi connectivity index (χ3v) is 4.05. The zero-order chi connectivity index (χ0) is 22.3. The zero-order valence-corrected chi connectivity index (χ0v) is 16.9. The van der Waals surface area contributed by atoms with E-state index in [9.17, 15) is 19.7 Å². The molecule has 11 nitrogen and oxygen atoms in total. The van der Waals surface area contributed by atoms with Gasteiger partial charge in [-0.15, -0.1) is 0 Å². The summed E-state index contributed by atoms with van der Waals surface area (Å²) in [5.41, 5.74) is 5.14. The van der Waals surface area contributed by atoms with E-state index in [-0.39, 0.29) is 29.4 Å². The number of anilines is 1. The van der Waals surface area contributed by atoms with Crippen molar-refractivity contribution in [3.8, 4) is 17.2 Å². The molecule has 0 saturated heterocycles. The molecule has 0 spiro atoms. The minimum Gasteiger partial charge on any atom is -0.493 e. The van der Waals surface area contributed by atoms with Crippen LogP contribution >= 0.6 is 0 Å². The molecule has 0 aliphatic carbocycles. The minimum atomic E-state index is -0.926. The molecule has 11 heteroatoms. The highest BCUT2D eigenvalue weighted by molar-refractivity contribution is 6.01. The van der Waals surface area contributed by atoms with Crippen LogP contribution < -0.4 is 30.4 Å². The fraction of sp³-hybridized carbons (Fsp3) is 0.263. The molecule has 0 heterocycles. The summed E-state index contributed by atoms with van der Waals surface area (Å²) in [6, 6.07) is 8.50. The van der Waals surface area contributed by atoms with Crippen molar-refractivity contribution >= 4 is 23.2 Å². The van der Waals surface area contributed by atoms with Crippen LogP contribution in [0.25, 0.3) is 0 Å². The predicted molar refractivity (Wildman–Crippen MR) is 108 cm³/mol. The molecule has 3 N–H and O–H groups in total. The Labute approximate surface area is 172 Å². The molecule has 160 valence electrons. The van der Waals surface area contributed by atoms with Crippen molar-refractivity contribution in [2.24, 2.45) is 0 Å². The lowest BCUT2D eigenvalue weighted by atomic mass is 10.1. The third kappa shape index (κ3) is 5.07. The Morgan fingerprint density at radius 3 is 2.17 bits per heavy atom. The van der Waals surface area contributed by atoms with Gasteiger partial charge in [-0.3, -0.25) is 30.6 Å². The number of aryl methyl sites for hydroxylation is 1. The second kappa shape index (κ2) is 9.96. The van der Waals surface area contributed by atoms with Crippen LogP contribution in [-0.4, -0.2) is 44.6 Å². The van der Waals surface area contributed by atoms with E-state index in [2.05, 4.69) is 16.2 Å². The van der Waals surface area contributed by atoms with E-state index in [0.717, 1.165) is 17.3 Å². The quantitative estimate of drug-likeness (QED) is 0.435. The summed E-state index contributed by atoms with van der Waals surface area (Å²) in [7, 11) is 3.79. The van der Waals surface area contributed by atoms with Gasteiger partial charge in [-0.25, -0.2) is 0 Å². The second-order valence-electron chi connectivity index (χ2n) is 6.02. The summed E-state index contributed by atoms with van der Waals surface area (Å²) < 4.78 is 15.3. The highest BCUT2D eigenvalue weighted by atomic mass is 16.6. The molecule has 2 aromatic rings. The Kier molecular flexibility index (Phi) is 7.39. The SMILES string of the molecule is COc1cc(C(=O)NNC(=O)CNc2ccc(C)cc2)c([N+](=O)[O-])c(OC)c1OC. The van der Waals surface area contributed by atoms with Gasteiger partial charge in [-0.05, 0) is 19.1 Å². The van der Waals surface area contributed by atoms with Gasteiger partial charge in [-0.2, -0.15) is 0 Å². The number of hydrogen-bond acceptors (Lipinski definition) is 8. The molecule has 0 fully saturated rings. The van der Waals surface area contributed by atoms with Gasteiger partial charge >= 0.3 is 5.69 Å². The maximum absolute atomic E-state index is 12.5. The van der Waals surface area contributed by atoms with E-state index in [4.69, 9.17) is 14.2 Å².